The molecule has 1 aliphatic heterocycles. The first-order chi connectivity index (χ1) is 16.0. The largest absolute Gasteiger partial charge is 0.338 e. The second kappa shape index (κ2) is 10.7. The smallest absolute Gasteiger partial charge is 0.253 e. The zero-order chi connectivity index (χ0) is 23.2. The number of halogens is 1. The van der Waals surface area contributed by atoms with Gasteiger partial charge < -0.3 is 15.1 Å². The summed E-state index contributed by atoms with van der Waals surface area (Å²) >= 11 is 7.48. The molecule has 1 aliphatic rings. The molecule has 33 heavy (non-hydrogen) atoms. The second-order valence-corrected chi connectivity index (χ2v) is 8.88. The summed E-state index contributed by atoms with van der Waals surface area (Å²) in [7, 11) is 0. The van der Waals surface area contributed by atoms with Crippen molar-refractivity contribution in [2.75, 3.05) is 43.5 Å². The molecule has 0 spiro atoms. The Morgan fingerprint density at radius 3 is 2.30 bits per heavy atom. The number of piperazine rings is 1. The summed E-state index contributed by atoms with van der Waals surface area (Å²) in [6, 6.07) is 16.6. The Kier molecular flexibility index (Phi) is 7.47. The van der Waals surface area contributed by atoms with E-state index in [1.165, 1.54) is 11.8 Å². The molecule has 4 rings (SSSR count). The molecule has 1 fully saturated rings. The van der Waals surface area contributed by atoms with Crippen molar-refractivity contribution in [2.24, 2.45) is 0 Å². The van der Waals surface area contributed by atoms with Gasteiger partial charge in [-0.1, -0.05) is 23.7 Å². The van der Waals surface area contributed by atoms with Gasteiger partial charge in [-0.05, 0) is 48.7 Å². The van der Waals surface area contributed by atoms with Crippen LogP contribution in [0.1, 0.15) is 10.4 Å². The summed E-state index contributed by atoms with van der Waals surface area (Å²) in [4.78, 5) is 37.4. The van der Waals surface area contributed by atoms with Crippen LogP contribution < -0.4 is 5.32 Å². The highest BCUT2D eigenvalue weighted by Crippen LogP contribution is 2.22. The molecule has 0 unspecified atom stereocenters. The highest BCUT2D eigenvalue weighted by atomic mass is 35.5. The van der Waals surface area contributed by atoms with Crippen LogP contribution in [0.5, 0.6) is 0 Å². The molecule has 1 aromatic heterocycles. The van der Waals surface area contributed by atoms with Crippen LogP contribution in [0.3, 0.4) is 0 Å². The van der Waals surface area contributed by atoms with E-state index >= 15 is 0 Å². The molecule has 0 saturated carbocycles. The average Bonchev–Trinajstić information content (AvgIpc) is 2.85. The number of carbonyl (C=O) groups is 2. The van der Waals surface area contributed by atoms with E-state index < -0.39 is 0 Å². The zero-order valence-electron chi connectivity index (χ0n) is 18.2. The monoisotopic (exact) mass is 481 g/mol. The van der Waals surface area contributed by atoms with Gasteiger partial charge in [-0.3, -0.25) is 9.59 Å². The fraction of sp³-hybridized carbons (Fsp3) is 0.250. The average molecular weight is 482 g/mol. The van der Waals surface area contributed by atoms with Crippen molar-refractivity contribution >= 4 is 46.8 Å². The number of nitrogens with one attached hydrogen (secondary N) is 1. The maximum Gasteiger partial charge on any atom is 0.253 e. The minimum Gasteiger partial charge on any atom is -0.338 e. The van der Waals surface area contributed by atoms with Crippen molar-refractivity contribution in [3.8, 4) is 11.3 Å². The lowest BCUT2D eigenvalue weighted by Crippen LogP contribution is -2.51. The van der Waals surface area contributed by atoms with Crippen molar-refractivity contribution < 1.29 is 9.59 Å². The normalized spacial score (nSPS) is 13.6. The summed E-state index contributed by atoms with van der Waals surface area (Å²) in [5.41, 5.74) is 3.12. The van der Waals surface area contributed by atoms with Crippen LogP contribution in [0.15, 0.2) is 60.8 Å². The minimum atomic E-state index is -0.0282. The predicted molar refractivity (Wildman–Crippen MR) is 133 cm³/mol. The van der Waals surface area contributed by atoms with Crippen LogP contribution in [0.25, 0.3) is 11.3 Å². The van der Waals surface area contributed by atoms with Crippen molar-refractivity contribution in [3.63, 3.8) is 0 Å². The fourth-order valence-corrected chi connectivity index (χ4v) is 4.14. The first-order valence-corrected chi connectivity index (χ1v) is 12.3. The number of thioether (sulfide) groups is 1. The van der Waals surface area contributed by atoms with E-state index in [4.69, 9.17) is 11.6 Å². The van der Waals surface area contributed by atoms with Crippen molar-refractivity contribution in [1.29, 1.82) is 0 Å². The van der Waals surface area contributed by atoms with E-state index in [-0.39, 0.29) is 11.8 Å². The Morgan fingerprint density at radius 2 is 1.64 bits per heavy atom. The van der Waals surface area contributed by atoms with E-state index in [0.29, 0.717) is 48.5 Å². The number of amides is 2. The quantitative estimate of drug-likeness (QED) is 0.568. The lowest BCUT2D eigenvalue weighted by Gasteiger charge is -2.34. The molecule has 1 saturated heterocycles. The van der Waals surface area contributed by atoms with Gasteiger partial charge in [0.2, 0.25) is 11.9 Å². The third kappa shape index (κ3) is 5.83. The molecular formula is C24H24ClN5O2S. The SMILES string of the molecule is CSCC(=O)N1CCN(C(=O)c2ccc(Nc3nccc(-c4ccc(Cl)cc4)n3)cc2)CC1. The molecule has 0 aliphatic carbocycles. The number of hydrogen-bond donors (Lipinski definition) is 1. The molecule has 9 heteroatoms. The summed E-state index contributed by atoms with van der Waals surface area (Å²) in [6.45, 7) is 2.24. The predicted octanol–water partition coefficient (Wildman–Crippen LogP) is 4.19. The first kappa shape index (κ1) is 23.1. The highest BCUT2D eigenvalue weighted by molar-refractivity contribution is 7.99. The third-order valence-corrected chi connectivity index (χ3v) is 6.16. The van der Waals surface area contributed by atoms with E-state index in [2.05, 4.69) is 15.3 Å². The third-order valence-electron chi connectivity index (χ3n) is 5.37. The van der Waals surface area contributed by atoms with Gasteiger partial charge in [0.15, 0.2) is 0 Å². The van der Waals surface area contributed by atoms with Crippen LogP contribution in [-0.4, -0.2) is 69.8 Å². The molecule has 2 aromatic carbocycles. The van der Waals surface area contributed by atoms with E-state index in [9.17, 15) is 9.59 Å². The Labute approximate surface area is 202 Å². The van der Waals surface area contributed by atoms with Gasteiger partial charge in [0.25, 0.3) is 5.91 Å². The van der Waals surface area contributed by atoms with Crippen molar-refractivity contribution in [1.82, 2.24) is 19.8 Å². The molecule has 170 valence electrons. The lowest BCUT2D eigenvalue weighted by molar-refractivity contribution is -0.129. The van der Waals surface area contributed by atoms with Crippen LogP contribution in [0, 0.1) is 0 Å². The fourth-order valence-electron chi connectivity index (χ4n) is 3.58. The molecule has 0 bridgehead atoms. The van der Waals surface area contributed by atoms with E-state index in [0.717, 1.165) is 16.9 Å². The number of anilines is 2. The Bertz CT molecular complexity index is 1120. The zero-order valence-corrected chi connectivity index (χ0v) is 19.8. The van der Waals surface area contributed by atoms with Gasteiger partial charge in [-0.15, -0.1) is 0 Å². The maximum absolute atomic E-state index is 12.9. The summed E-state index contributed by atoms with van der Waals surface area (Å²) in [5, 5.41) is 3.85. The lowest BCUT2D eigenvalue weighted by atomic mass is 10.1. The molecule has 1 N–H and O–H groups in total. The second-order valence-electron chi connectivity index (χ2n) is 7.58. The van der Waals surface area contributed by atoms with Gasteiger partial charge in [0.1, 0.15) is 0 Å². The first-order valence-electron chi connectivity index (χ1n) is 10.6. The molecule has 2 heterocycles. The number of benzene rings is 2. The number of rotatable bonds is 6. The Morgan fingerprint density at radius 1 is 0.970 bits per heavy atom. The van der Waals surface area contributed by atoms with Crippen molar-refractivity contribution in [2.45, 2.75) is 0 Å². The van der Waals surface area contributed by atoms with Crippen LogP contribution >= 0.6 is 23.4 Å². The molecular weight excluding hydrogens is 458 g/mol. The summed E-state index contributed by atoms with van der Waals surface area (Å²) < 4.78 is 0. The van der Waals surface area contributed by atoms with Crippen molar-refractivity contribution in [3.05, 3.63) is 71.4 Å². The molecule has 0 radical (unpaired) electrons. The maximum atomic E-state index is 12.9. The van der Waals surface area contributed by atoms with Gasteiger partial charge >= 0.3 is 0 Å². The molecule has 2 amide bonds. The summed E-state index contributed by atoms with van der Waals surface area (Å²) in [6.07, 6.45) is 3.61. The number of aromatic nitrogens is 2. The van der Waals surface area contributed by atoms with Gasteiger partial charge in [-0.2, -0.15) is 11.8 Å². The van der Waals surface area contributed by atoms with Crippen LogP contribution in [0.4, 0.5) is 11.6 Å². The number of nitrogens with zero attached hydrogens (tertiary/aromatic N) is 4. The van der Waals surface area contributed by atoms with Crippen LogP contribution in [-0.2, 0) is 4.79 Å². The Balaban J connectivity index is 1.37. The van der Waals surface area contributed by atoms with Crippen LogP contribution in [0.2, 0.25) is 5.02 Å². The van der Waals surface area contributed by atoms with Gasteiger partial charge in [0.05, 0.1) is 11.4 Å². The standard InChI is InChI=1S/C24H24ClN5O2S/c1-33-16-22(31)29-12-14-30(15-13-29)23(32)18-4-8-20(9-5-18)27-24-26-11-10-21(28-24)17-2-6-19(25)7-3-17/h2-11H,12-16H2,1H3,(H,26,27,28). The number of carbonyl (C=O) groups excluding carboxylic acids is 2. The number of hydrogen-bond acceptors (Lipinski definition) is 6. The topological polar surface area (TPSA) is 78.4 Å². The molecule has 3 aromatic rings. The van der Waals surface area contributed by atoms with E-state index in [1.807, 2.05) is 53.6 Å². The van der Waals surface area contributed by atoms with E-state index in [1.54, 1.807) is 23.2 Å². The molecule has 0 atom stereocenters. The van der Waals surface area contributed by atoms with Gasteiger partial charge in [0, 0.05) is 54.2 Å². The Hall–Kier alpha value is -3.10. The highest BCUT2D eigenvalue weighted by Gasteiger charge is 2.24. The molecule has 7 nitrogen and oxygen atoms in total. The minimum absolute atomic E-state index is 0.0282. The summed E-state index contributed by atoms with van der Waals surface area (Å²) in [5.74, 6) is 1.05. The van der Waals surface area contributed by atoms with Gasteiger partial charge in [-0.25, -0.2) is 9.97 Å².